The van der Waals surface area contributed by atoms with Gasteiger partial charge in [0.05, 0.1) is 0 Å². The van der Waals surface area contributed by atoms with Crippen LogP contribution in [0.2, 0.25) is 0 Å². The van der Waals surface area contributed by atoms with Crippen LogP contribution in [0.25, 0.3) is 0 Å². The van der Waals surface area contributed by atoms with E-state index in [-0.39, 0.29) is 11.3 Å². The van der Waals surface area contributed by atoms with Crippen molar-refractivity contribution >= 4 is 5.97 Å². The van der Waals surface area contributed by atoms with Gasteiger partial charge in [0, 0.05) is 11.1 Å². The van der Waals surface area contributed by atoms with Crippen molar-refractivity contribution < 1.29 is 15.0 Å². The first-order chi connectivity index (χ1) is 6.50. The Kier molecular flexibility index (Phi) is 5.68. The monoisotopic (exact) mass is 198 g/mol. The second-order valence-corrected chi connectivity index (χ2v) is 3.29. The normalized spacial score (nSPS) is 13.8. The Bertz CT molecular complexity index is 262. The summed E-state index contributed by atoms with van der Waals surface area (Å²) in [5.74, 6) is -0.906. The highest BCUT2D eigenvalue weighted by atomic mass is 16.4. The van der Waals surface area contributed by atoms with Crippen LogP contribution in [-0.2, 0) is 4.79 Å². The Balaban J connectivity index is 4.52. The van der Waals surface area contributed by atoms with Gasteiger partial charge in [-0.2, -0.15) is 0 Å². The highest BCUT2D eigenvalue weighted by Crippen LogP contribution is 2.13. The maximum Gasteiger partial charge on any atom is 0.331 e. The van der Waals surface area contributed by atoms with Crippen molar-refractivity contribution in [1.82, 2.24) is 0 Å². The standard InChI is InChI=1S/C11H18O3/c1-4-5-6-7-10(12)8(2)9(3)11(13)14/h7,12H,4-6H2,1-3H3,(H,13,14)/b9-8+,10-7-. The molecule has 0 spiro atoms. The smallest absolute Gasteiger partial charge is 0.331 e. The second-order valence-electron chi connectivity index (χ2n) is 3.29. The molecule has 0 bridgehead atoms. The molecule has 0 saturated carbocycles. The van der Waals surface area contributed by atoms with E-state index in [1.807, 2.05) is 0 Å². The molecule has 0 aromatic heterocycles. The number of carbonyl (C=O) groups is 1. The van der Waals surface area contributed by atoms with Crippen molar-refractivity contribution in [3.8, 4) is 0 Å². The highest BCUT2D eigenvalue weighted by molar-refractivity contribution is 5.87. The number of unbranched alkanes of at least 4 members (excludes halogenated alkanes) is 2. The summed E-state index contributed by atoms with van der Waals surface area (Å²) in [6, 6.07) is 0. The highest BCUT2D eigenvalue weighted by Gasteiger charge is 2.07. The van der Waals surface area contributed by atoms with Gasteiger partial charge < -0.3 is 10.2 Å². The van der Waals surface area contributed by atoms with E-state index in [0.717, 1.165) is 19.3 Å². The van der Waals surface area contributed by atoms with Crippen molar-refractivity contribution in [1.29, 1.82) is 0 Å². The average Bonchev–Trinajstić information content (AvgIpc) is 2.15. The summed E-state index contributed by atoms with van der Waals surface area (Å²) in [6.45, 7) is 5.17. The summed E-state index contributed by atoms with van der Waals surface area (Å²) >= 11 is 0. The van der Waals surface area contributed by atoms with Crippen molar-refractivity contribution in [3.63, 3.8) is 0 Å². The third-order valence-corrected chi connectivity index (χ3v) is 2.16. The maximum atomic E-state index is 10.6. The van der Waals surface area contributed by atoms with Crippen molar-refractivity contribution in [2.75, 3.05) is 0 Å². The average molecular weight is 198 g/mol. The van der Waals surface area contributed by atoms with Crippen molar-refractivity contribution in [3.05, 3.63) is 23.0 Å². The van der Waals surface area contributed by atoms with E-state index in [2.05, 4.69) is 6.92 Å². The van der Waals surface area contributed by atoms with Crippen LogP contribution < -0.4 is 0 Å². The zero-order valence-corrected chi connectivity index (χ0v) is 9.00. The number of hydrogen-bond donors (Lipinski definition) is 2. The zero-order valence-electron chi connectivity index (χ0n) is 9.00. The van der Waals surface area contributed by atoms with E-state index >= 15 is 0 Å². The first-order valence-electron chi connectivity index (χ1n) is 4.81. The Hall–Kier alpha value is -1.25. The van der Waals surface area contributed by atoms with Gasteiger partial charge in [0.25, 0.3) is 0 Å². The lowest BCUT2D eigenvalue weighted by Gasteiger charge is -2.03. The molecule has 14 heavy (non-hydrogen) atoms. The summed E-state index contributed by atoms with van der Waals surface area (Å²) in [7, 11) is 0. The number of rotatable bonds is 5. The summed E-state index contributed by atoms with van der Waals surface area (Å²) in [4.78, 5) is 10.6. The minimum atomic E-state index is -0.988. The van der Waals surface area contributed by atoms with Crippen LogP contribution >= 0.6 is 0 Å². The second kappa shape index (κ2) is 6.24. The molecular formula is C11H18O3. The number of carboxylic acid groups (broad SMARTS) is 1. The third-order valence-electron chi connectivity index (χ3n) is 2.16. The molecule has 0 rings (SSSR count). The molecule has 0 radical (unpaired) electrons. The first-order valence-corrected chi connectivity index (χ1v) is 4.81. The van der Waals surface area contributed by atoms with Crippen molar-refractivity contribution in [2.24, 2.45) is 0 Å². The molecule has 0 heterocycles. The summed E-state index contributed by atoms with van der Waals surface area (Å²) in [5.41, 5.74) is 0.629. The fourth-order valence-corrected chi connectivity index (χ4v) is 0.949. The van der Waals surface area contributed by atoms with Gasteiger partial charge in [-0.3, -0.25) is 0 Å². The number of aliphatic hydroxyl groups is 1. The number of carboxylic acids is 1. The largest absolute Gasteiger partial charge is 0.508 e. The number of hydrogen-bond acceptors (Lipinski definition) is 2. The van der Waals surface area contributed by atoms with Crippen LogP contribution in [-0.4, -0.2) is 16.2 Å². The van der Waals surface area contributed by atoms with Crippen LogP contribution in [0.3, 0.4) is 0 Å². The SMILES string of the molecule is CCCC/C=C(O)/C(C)=C(\C)C(=O)O. The fourth-order valence-electron chi connectivity index (χ4n) is 0.949. The van der Waals surface area contributed by atoms with Crippen molar-refractivity contribution in [2.45, 2.75) is 40.0 Å². The molecule has 0 saturated heterocycles. The molecule has 0 aliphatic heterocycles. The van der Waals surface area contributed by atoms with Gasteiger partial charge in [0.1, 0.15) is 5.76 Å². The van der Waals surface area contributed by atoms with Crippen LogP contribution in [0.15, 0.2) is 23.0 Å². The van der Waals surface area contributed by atoms with E-state index in [9.17, 15) is 9.90 Å². The molecule has 0 aromatic rings. The molecule has 0 aromatic carbocycles. The van der Waals surface area contributed by atoms with E-state index in [1.54, 1.807) is 13.0 Å². The fraction of sp³-hybridized carbons (Fsp3) is 0.545. The third kappa shape index (κ3) is 4.12. The van der Waals surface area contributed by atoms with Gasteiger partial charge in [-0.1, -0.05) is 13.3 Å². The molecule has 0 atom stereocenters. The van der Waals surface area contributed by atoms with E-state index < -0.39 is 5.97 Å². The lowest BCUT2D eigenvalue weighted by molar-refractivity contribution is -0.132. The Morgan fingerprint density at radius 1 is 1.21 bits per heavy atom. The molecule has 3 heteroatoms. The van der Waals surface area contributed by atoms with Gasteiger partial charge in [0.15, 0.2) is 0 Å². The Morgan fingerprint density at radius 2 is 1.79 bits per heavy atom. The van der Waals surface area contributed by atoms with Gasteiger partial charge >= 0.3 is 5.97 Å². The quantitative estimate of drug-likeness (QED) is 0.309. The van der Waals surface area contributed by atoms with Crippen LogP contribution in [0.4, 0.5) is 0 Å². The first kappa shape index (κ1) is 12.8. The predicted molar refractivity (Wildman–Crippen MR) is 56.2 cm³/mol. The zero-order chi connectivity index (χ0) is 11.1. The minimum absolute atomic E-state index is 0.0818. The number of allylic oxidation sites excluding steroid dienone is 2. The molecule has 0 fully saturated rings. The molecule has 80 valence electrons. The van der Waals surface area contributed by atoms with Crippen LogP contribution in [0.1, 0.15) is 40.0 Å². The minimum Gasteiger partial charge on any atom is -0.508 e. The summed E-state index contributed by atoms with van der Waals surface area (Å²) < 4.78 is 0. The molecule has 0 amide bonds. The molecule has 0 unspecified atom stereocenters. The predicted octanol–water partition coefficient (Wildman–Crippen LogP) is 3.04. The van der Waals surface area contributed by atoms with Gasteiger partial charge in [-0.15, -0.1) is 0 Å². The molecule has 0 aliphatic carbocycles. The Labute approximate surface area is 84.8 Å². The van der Waals surface area contributed by atoms with E-state index in [0.29, 0.717) is 5.57 Å². The van der Waals surface area contributed by atoms with Crippen LogP contribution in [0, 0.1) is 0 Å². The number of aliphatic hydroxyl groups excluding tert-OH is 1. The summed E-state index contributed by atoms with van der Waals surface area (Å²) in [5, 5.41) is 18.2. The van der Waals surface area contributed by atoms with Gasteiger partial charge in [-0.05, 0) is 32.8 Å². The lowest BCUT2D eigenvalue weighted by atomic mass is 10.1. The molecule has 0 aliphatic rings. The van der Waals surface area contributed by atoms with E-state index in [1.165, 1.54) is 6.92 Å². The van der Waals surface area contributed by atoms with E-state index in [4.69, 9.17) is 5.11 Å². The van der Waals surface area contributed by atoms with Gasteiger partial charge in [-0.25, -0.2) is 4.79 Å². The topological polar surface area (TPSA) is 57.5 Å². The molecular weight excluding hydrogens is 180 g/mol. The Morgan fingerprint density at radius 3 is 2.21 bits per heavy atom. The lowest BCUT2D eigenvalue weighted by Crippen LogP contribution is -2.01. The van der Waals surface area contributed by atoms with Gasteiger partial charge in [0.2, 0.25) is 0 Å². The maximum absolute atomic E-state index is 10.6. The van der Waals surface area contributed by atoms with Crippen LogP contribution in [0.5, 0.6) is 0 Å². The molecule has 2 N–H and O–H groups in total. The summed E-state index contributed by atoms with van der Waals surface area (Å²) in [6.07, 6.45) is 4.52. The number of aliphatic carboxylic acids is 1. The molecule has 3 nitrogen and oxygen atoms in total.